The van der Waals surface area contributed by atoms with Gasteiger partial charge in [0.1, 0.15) is 5.75 Å². The van der Waals surface area contributed by atoms with Crippen molar-refractivity contribution in [2.45, 2.75) is 52.5 Å². The third-order valence-electron chi connectivity index (χ3n) is 3.11. The quantitative estimate of drug-likeness (QED) is 0.672. The first-order valence-electron chi connectivity index (χ1n) is 7.21. The molecule has 0 aliphatic rings. The number of benzene rings is 1. The fourth-order valence-corrected chi connectivity index (χ4v) is 1.92. The molecular formula is C16H27NO. The van der Waals surface area contributed by atoms with Crippen molar-refractivity contribution in [3.05, 3.63) is 29.8 Å². The van der Waals surface area contributed by atoms with Gasteiger partial charge in [-0.3, -0.25) is 0 Å². The molecule has 1 unspecified atom stereocenters. The number of unbranched alkanes of at least 4 members (excludes halogenated alkanes) is 1. The minimum absolute atomic E-state index is 0.593. The molecule has 0 radical (unpaired) electrons. The first kappa shape index (κ1) is 15.0. The molecule has 1 N–H and O–H groups in total. The van der Waals surface area contributed by atoms with Crippen LogP contribution in [0.3, 0.4) is 0 Å². The molecule has 0 fully saturated rings. The summed E-state index contributed by atoms with van der Waals surface area (Å²) in [6.07, 6.45) is 4.62. The fraction of sp³-hybridized carbons (Fsp3) is 0.625. The van der Waals surface area contributed by atoms with Gasteiger partial charge in [-0.15, -0.1) is 0 Å². The van der Waals surface area contributed by atoms with Gasteiger partial charge >= 0.3 is 0 Å². The van der Waals surface area contributed by atoms with Crippen LogP contribution in [0.15, 0.2) is 24.3 Å². The second-order valence-corrected chi connectivity index (χ2v) is 4.84. The van der Waals surface area contributed by atoms with Gasteiger partial charge in [-0.25, -0.2) is 0 Å². The normalized spacial score (nSPS) is 12.4. The highest BCUT2D eigenvalue weighted by atomic mass is 16.5. The van der Waals surface area contributed by atoms with E-state index in [-0.39, 0.29) is 0 Å². The Hall–Kier alpha value is -1.02. The molecule has 2 nitrogen and oxygen atoms in total. The average Bonchev–Trinajstić information content (AvgIpc) is 2.38. The molecule has 0 aliphatic heterocycles. The molecule has 1 aromatic carbocycles. The first-order valence-corrected chi connectivity index (χ1v) is 7.21. The summed E-state index contributed by atoms with van der Waals surface area (Å²) in [5.74, 6) is 0.993. The predicted molar refractivity (Wildman–Crippen MR) is 78.3 cm³/mol. The summed E-state index contributed by atoms with van der Waals surface area (Å²) in [6.45, 7) is 8.45. The monoisotopic (exact) mass is 249 g/mol. The van der Waals surface area contributed by atoms with Crippen LogP contribution in [0, 0.1) is 0 Å². The van der Waals surface area contributed by atoms with Crippen molar-refractivity contribution in [2.24, 2.45) is 0 Å². The van der Waals surface area contributed by atoms with Crippen LogP contribution in [0.4, 0.5) is 0 Å². The predicted octanol–water partition coefficient (Wildman–Crippen LogP) is 3.80. The van der Waals surface area contributed by atoms with Gasteiger partial charge in [0.05, 0.1) is 6.61 Å². The maximum Gasteiger partial charge on any atom is 0.119 e. The summed E-state index contributed by atoms with van der Waals surface area (Å²) in [5, 5.41) is 3.44. The summed E-state index contributed by atoms with van der Waals surface area (Å²) in [5.41, 5.74) is 1.39. The molecule has 0 bridgehead atoms. The lowest BCUT2D eigenvalue weighted by Crippen LogP contribution is -2.25. The van der Waals surface area contributed by atoms with Crippen LogP contribution in [-0.2, 0) is 6.42 Å². The smallest absolute Gasteiger partial charge is 0.119 e. The maximum atomic E-state index is 5.65. The Kier molecular flexibility index (Phi) is 7.51. The number of rotatable bonds is 9. The highest BCUT2D eigenvalue weighted by Gasteiger charge is 2.01. The van der Waals surface area contributed by atoms with Gasteiger partial charge in [0.25, 0.3) is 0 Å². The van der Waals surface area contributed by atoms with Crippen molar-refractivity contribution >= 4 is 0 Å². The van der Waals surface area contributed by atoms with E-state index in [2.05, 4.69) is 50.4 Å². The second kappa shape index (κ2) is 8.98. The topological polar surface area (TPSA) is 21.3 Å². The number of hydrogen-bond acceptors (Lipinski definition) is 2. The van der Waals surface area contributed by atoms with Gasteiger partial charge < -0.3 is 10.1 Å². The molecule has 0 aliphatic carbocycles. The number of aryl methyl sites for hydroxylation is 1. The Balaban J connectivity index is 2.31. The zero-order chi connectivity index (χ0) is 13.2. The lowest BCUT2D eigenvalue weighted by Gasteiger charge is -2.12. The molecule has 0 spiro atoms. The Labute approximate surface area is 112 Å². The SMILES string of the molecule is CCCCOc1ccc(CCC(C)NCC)cc1. The van der Waals surface area contributed by atoms with Crippen LogP contribution in [0.25, 0.3) is 0 Å². The minimum atomic E-state index is 0.593. The molecule has 0 amide bonds. The molecule has 1 atom stereocenters. The second-order valence-electron chi connectivity index (χ2n) is 4.84. The zero-order valence-electron chi connectivity index (χ0n) is 12.0. The summed E-state index contributed by atoms with van der Waals surface area (Å²) in [6, 6.07) is 9.13. The van der Waals surface area contributed by atoms with Crippen LogP contribution < -0.4 is 10.1 Å². The summed E-state index contributed by atoms with van der Waals surface area (Å²) >= 11 is 0. The van der Waals surface area contributed by atoms with Crippen LogP contribution >= 0.6 is 0 Å². The van der Waals surface area contributed by atoms with E-state index in [0.717, 1.165) is 31.7 Å². The number of hydrogen-bond donors (Lipinski definition) is 1. The van der Waals surface area contributed by atoms with Crippen molar-refractivity contribution in [2.75, 3.05) is 13.2 Å². The molecular weight excluding hydrogens is 222 g/mol. The van der Waals surface area contributed by atoms with Gasteiger partial charge in [0.15, 0.2) is 0 Å². The van der Waals surface area contributed by atoms with E-state index in [9.17, 15) is 0 Å². The molecule has 0 saturated heterocycles. The maximum absolute atomic E-state index is 5.65. The van der Waals surface area contributed by atoms with Gasteiger partial charge in [-0.05, 0) is 50.4 Å². The molecule has 18 heavy (non-hydrogen) atoms. The van der Waals surface area contributed by atoms with Crippen molar-refractivity contribution < 1.29 is 4.74 Å². The lowest BCUT2D eigenvalue weighted by molar-refractivity contribution is 0.309. The molecule has 1 rings (SSSR count). The van der Waals surface area contributed by atoms with E-state index in [1.807, 2.05) is 0 Å². The third kappa shape index (κ3) is 6.06. The molecule has 102 valence electrons. The van der Waals surface area contributed by atoms with Gasteiger partial charge in [0.2, 0.25) is 0 Å². The average molecular weight is 249 g/mol. The van der Waals surface area contributed by atoms with E-state index in [1.165, 1.54) is 18.4 Å². The zero-order valence-corrected chi connectivity index (χ0v) is 12.0. The highest BCUT2D eigenvalue weighted by molar-refractivity contribution is 5.27. The molecule has 0 heterocycles. The Morgan fingerprint density at radius 3 is 2.50 bits per heavy atom. The van der Waals surface area contributed by atoms with Crippen molar-refractivity contribution in [3.63, 3.8) is 0 Å². The van der Waals surface area contributed by atoms with Crippen molar-refractivity contribution in [1.82, 2.24) is 5.32 Å². The first-order chi connectivity index (χ1) is 8.76. The van der Waals surface area contributed by atoms with E-state index >= 15 is 0 Å². The molecule has 1 aromatic rings. The standard InChI is InChI=1S/C16H27NO/c1-4-6-13-18-16-11-9-15(10-12-16)8-7-14(3)17-5-2/h9-12,14,17H,4-8,13H2,1-3H3. The Morgan fingerprint density at radius 2 is 1.89 bits per heavy atom. The molecule has 0 aromatic heterocycles. The van der Waals surface area contributed by atoms with Crippen molar-refractivity contribution in [1.29, 1.82) is 0 Å². The van der Waals surface area contributed by atoms with E-state index in [0.29, 0.717) is 6.04 Å². The third-order valence-corrected chi connectivity index (χ3v) is 3.11. The van der Waals surface area contributed by atoms with Crippen molar-refractivity contribution in [3.8, 4) is 5.75 Å². The van der Waals surface area contributed by atoms with Gasteiger partial charge in [0, 0.05) is 6.04 Å². The largest absolute Gasteiger partial charge is 0.494 e. The summed E-state index contributed by atoms with van der Waals surface area (Å²) < 4.78 is 5.65. The fourth-order valence-electron chi connectivity index (χ4n) is 1.92. The van der Waals surface area contributed by atoms with Gasteiger partial charge in [-0.1, -0.05) is 32.4 Å². The van der Waals surface area contributed by atoms with Crippen LogP contribution in [0.1, 0.15) is 45.6 Å². The van der Waals surface area contributed by atoms with Crippen LogP contribution in [0.2, 0.25) is 0 Å². The van der Waals surface area contributed by atoms with Gasteiger partial charge in [-0.2, -0.15) is 0 Å². The minimum Gasteiger partial charge on any atom is -0.494 e. The Morgan fingerprint density at radius 1 is 1.17 bits per heavy atom. The molecule has 0 saturated carbocycles. The highest BCUT2D eigenvalue weighted by Crippen LogP contribution is 2.14. The van der Waals surface area contributed by atoms with Crippen LogP contribution in [-0.4, -0.2) is 19.2 Å². The number of ether oxygens (including phenoxy) is 1. The lowest BCUT2D eigenvalue weighted by atomic mass is 10.1. The van der Waals surface area contributed by atoms with E-state index < -0.39 is 0 Å². The van der Waals surface area contributed by atoms with E-state index in [4.69, 9.17) is 4.74 Å². The van der Waals surface area contributed by atoms with E-state index in [1.54, 1.807) is 0 Å². The van der Waals surface area contributed by atoms with Crippen LogP contribution in [0.5, 0.6) is 5.75 Å². The number of nitrogens with one attached hydrogen (secondary N) is 1. The summed E-state index contributed by atoms with van der Waals surface area (Å²) in [4.78, 5) is 0. The Bertz CT molecular complexity index is 307. The summed E-state index contributed by atoms with van der Waals surface area (Å²) in [7, 11) is 0. The molecule has 2 heteroatoms.